The molecule has 0 aliphatic carbocycles. The van der Waals surface area contributed by atoms with Crippen molar-refractivity contribution in [2.24, 2.45) is 0 Å². The van der Waals surface area contributed by atoms with Crippen LogP contribution in [0.2, 0.25) is 0 Å². The van der Waals surface area contributed by atoms with Crippen molar-refractivity contribution < 1.29 is 14.6 Å². The molecule has 1 amide bonds. The van der Waals surface area contributed by atoms with Gasteiger partial charge in [-0.2, -0.15) is 0 Å². The van der Waals surface area contributed by atoms with E-state index < -0.39 is 0 Å². The zero-order chi connectivity index (χ0) is 14.7. The summed E-state index contributed by atoms with van der Waals surface area (Å²) in [5.41, 5.74) is 7.34. The number of nitrogen functional groups attached to an aromatic ring is 1. The number of rotatable bonds is 3. The average molecular weight is 272 g/mol. The maximum absolute atomic E-state index is 12.4. The smallest absolute Gasteiger partial charge is 0.258 e. The number of carbonyl (C=O) groups excluding carboxylic acids is 1. The van der Waals surface area contributed by atoms with E-state index in [-0.39, 0.29) is 11.7 Å². The summed E-state index contributed by atoms with van der Waals surface area (Å²) < 4.78 is 4.95. The molecule has 5 heteroatoms. The zero-order valence-corrected chi connectivity index (χ0v) is 11.3. The van der Waals surface area contributed by atoms with E-state index in [1.807, 2.05) is 0 Å². The highest BCUT2D eigenvalue weighted by atomic mass is 16.5. The van der Waals surface area contributed by atoms with Crippen LogP contribution in [-0.2, 0) is 0 Å². The van der Waals surface area contributed by atoms with Crippen LogP contribution in [-0.4, -0.2) is 25.2 Å². The van der Waals surface area contributed by atoms with Gasteiger partial charge < -0.3 is 20.5 Å². The Balaban J connectivity index is 2.32. The minimum atomic E-state index is -0.263. The molecule has 2 aromatic rings. The van der Waals surface area contributed by atoms with Crippen molar-refractivity contribution >= 4 is 17.3 Å². The van der Waals surface area contributed by atoms with E-state index >= 15 is 0 Å². The van der Waals surface area contributed by atoms with E-state index in [0.717, 1.165) is 0 Å². The molecule has 0 saturated carbocycles. The van der Waals surface area contributed by atoms with Crippen molar-refractivity contribution in [3.8, 4) is 11.5 Å². The van der Waals surface area contributed by atoms with Gasteiger partial charge in [0.15, 0.2) is 11.5 Å². The Morgan fingerprint density at radius 2 is 1.95 bits per heavy atom. The highest BCUT2D eigenvalue weighted by Crippen LogP contribution is 2.28. The first-order chi connectivity index (χ1) is 9.54. The van der Waals surface area contributed by atoms with Crippen molar-refractivity contribution in [2.45, 2.75) is 0 Å². The van der Waals surface area contributed by atoms with Gasteiger partial charge in [-0.05, 0) is 30.3 Å². The van der Waals surface area contributed by atoms with E-state index in [0.29, 0.717) is 22.7 Å². The van der Waals surface area contributed by atoms with Gasteiger partial charge in [0.25, 0.3) is 5.91 Å². The number of phenolic OH excluding ortho intramolecular Hbond substituents is 1. The molecule has 20 heavy (non-hydrogen) atoms. The van der Waals surface area contributed by atoms with Crippen molar-refractivity contribution in [1.29, 1.82) is 0 Å². The lowest BCUT2D eigenvalue weighted by atomic mass is 10.1. The Morgan fingerprint density at radius 1 is 1.25 bits per heavy atom. The van der Waals surface area contributed by atoms with E-state index in [2.05, 4.69) is 0 Å². The molecule has 0 saturated heterocycles. The Hall–Kier alpha value is -2.69. The molecule has 0 bridgehead atoms. The van der Waals surface area contributed by atoms with Crippen molar-refractivity contribution in [3.05, 3.63) is 48.0 Å². The molecule has 0 fully saturated rings. The molecule has 0 unspecified atom stereocenters. The van der Waals surface area contributed by atoms with Gasteiger partial charge in [0.05, 0.1) is 18.5 Å². The second kappa shape index (κ2) is 5.52. The zero-order valence-electron chi connectivity index (χ0n) is 11.3. The molecule has 0 atom stereocenters. The van der Waals surface area contributed by atoms with Crippen molar-refractivity contribution in [2.75, 3.05) is 24.8 Å². The first-order valence-corrected chi connectivity index (χ1v) is 6.04. The summed E-state index contributed by atoms with van der Waals surface area (Å²) in [6, 6.07) is 11.6. The van der Waals surface area contributed by atoms with Gasteiger partial charge in [0.2, 0.25) is 0 Å². The number of para-hydroxylation sites is 2. The highest BCUT2D eigenvalue weighted by molar-refractivity contribution is 6.07. The maximum atomic E-state index is 12.4. The van der Waals surface area contributed by atoms with Crippen LogP contribution in [0.4, 0.5) is 11.4 Å². The third-order valence-corrected chi connectivity index (χ3v) is 3.03. The van der Waals surface area contributed by atoms with Crippen LogP contribution >= 0.6 is 0 Å². The summed E-state index contributed by atoms with van der Waals surface area (Å²) in [4.78, 5) is 13.8. The number of anilines is 2. The number of carbonyl (C=O) groups is 1. The third kappa shape index (κ3) is 2.51. The van der Waals surface area contributed by atoms with Crippen molar-refractivity contribution in [1.82, 2.24) is 0 Å². The summed E-state index contributed by atoms with van der Waals surface area (Å²) >= 11 is 0. The molecule has 0 heterocycles. The van der Waals surface area contributed by atoms with Gasteiger partial charge in [0, 0.05) is 12.6 Å². The first kappa shape index (κ1) is 13.7. The quantitative estimate of drug-likeness (QED) is 0.840. The molecule has 0 spiro atoms. The lowest BCUT2D eigenvalue weighted by Crippen LogP contribution is -2.26. The van der Waals surface area contributed by atoms with E-state index in [4.69, 9.17) is 10.5 Å². The van der Waals surface area contributed by atoms with Crippen LogP contribution < -0.4 is 15.4 Å². The first-order valence-electron chi connectivity index (χ1n) is 6.04. The molecule has 0 aliphatic heterocycles. The second-order valence-electron chi connectivity index (χ2n) is 4.31. The SMILES string of the molecule is COc1ccc(C(=O)N(C)c2ccccc2N)cc1O. The van der Waals surface area contributed by atoms with Crippen molar-refractivity contribution in [3.63, 3.8) is 0 Å². The number of ether oxygens (including phenoxy) is 1. The van der Waals surface area contributed by atoms with Gasteiger partial charge in [-0.15, -0.1) is 0 Å². The van der Waals surface area contributed by atoms with Crippen LogP contribution in [0.5, 0.6) is 11.5 Å². The number of methoxy groups -OCH3 is 1. The normalized spacial score (nSPS) is 10.1. The predicted octanol–water partition coefficient (Wildman–Crippen LogP) is 2.26. The predicted molar refractivity (Wildman–Crippen MR) is 78.2 cm³/mol. The number of hydrogen-bond donors (Lipinski definition) is 2. The molecule has 0 radical (unpaired) electrons. The molecule has 5 nitrogen and oxygen atoms in total. The Bertz CT molecular complexity index is 641. The van der Waals surface area contributed by atoms with Crippen LogP contribution in [0.25, 0.3) is 0 Å². The van der Waals surface area contributed by atoms with E-state index in [9.17, 15) is 9.90 Å². The number of aromatic hydroxyl groups is 1. The van der Waals surface area contributed by atoms with E-state index in [1.54, 1.807) is 43.4 Å². The molecular weight excluding hydrogens is 256 g/mol. The standard InChI is InChI=1S/C15H16N2O3/c1-17(12-6-4-3-5-11(12)16)15(19)10-7-8-14(20-2)13(18)9-10/h3-9,18H,16H2,1-2H3. The molecule has 0 aromatic heterocycles. The summed E-state index contributed by atoms with van der Waals surface area (Å²) in [6.07, 6.45) is 0. The maximum Gasteiger partial charge on any atom is 0.258 e. The number of nitrogens with zero attached hydrogens (tertiary/aromatic N) is 1. The van der Waals surface area contributed by atoms with Crippen LogP contribution in [0.1, 0.15) is 10.4 Å². The number of nitrogens with two attached hydrogens (primary N) is 1. The van der Waals surface area contributed by atoms with Crippen LogP contribution in [0.15, 0.2) is 42.5 Å². The summed E-state index contributed by atoms with van der Waals surface area (Å²) in [5, 5.41) is 9.73. The number of phenols is 1. The Kier molecular flexibility index (Phi) is 3.79. The molecular formula is C15H16N2O3. The minimum absolute atomic E-state index is 0.0761. The van der Waals surface area contributed by atoms with Gasteiger partial charge in [0.1, 0.15) is 0 Å². The largest absolute Gasteiger partial charge is 0.504 e. The molecule has 104 valence electrons. The number of amides is 1. The fourth-order valence-electron chi connectivity index (χ4n) is 1.92. The third-order valence-electron chi connectivity index (χ3n) is 3.03. The van der Waals surface area contributed by atoms with Crippen LogP contribution in [0, 0.1) is 0 Å². The minimum Gasteiger partial charge on any atom is -0.504 e. The summed E-state index contributed by atoms with van der Waals surface area (Å²) in [7, 11) is 3.09. The highest BCUT2D eigenvalue weighted by Gasteiger charge is 2.16. The van der Waals surface area contributed by atoms with Gasteiger partial charge in [-0.25, -0.2) is 0 Å². The summed E-state index contributed by atoms with van der Waals surface area (Å²) in [5.74, 6) is -0.0166. The topological polar surface area (TPSA) is 75.8 Å². The average Bonchev–Trinajstić information content (AvgIpc) is 2.46. The Labute approximate surface area is 117 Å². The summed E-state index contributed by atoms with van der Waals surface area (Å²) in [6.45, 7) is 0. The fraction of sp³-hybridized carbons (Fsp3) is 0.133. The monoisotopic (exact) mass is 272 g/mol. The lowest BCUT2D eigenvalue weighted by Gasteiger charge is -2.19. The van der Waals surface area contributed by atoms with Gasteiger partial charge in [-0.3, -0.25) is 4.79 Å². The molecule has 2 rings (SSSR count). The number of hydrogen-bond acceptors (Lipinski definition) is 4. The van der Waals surface area contributed by atoms with E-state index in [1.165, 1.54) is 18.1 Å². The molecule has 2 aromatic carbocycles. The Morgan fingerprint density at radius 3 is 2.55 bits per heavy atom. The molecule has 3 N–H and O–H groups in total. The lowest BCUT2D eigenvalue weighted by molar-refractivity contribution is 0.0992. The van der Waals surface area contributed by atoms with Gasteiger partial charge >= 0.3 is 0 Å². The van der Waals surface area contributed by atoms with Gasteiger partial charge in [-0.1, -0.05) is 12.1 Å². The molecule has 0 aliphatic rings. The fourth-order valence-corrected chi connectivity index (χ4v) is 1.92. The number of benzene rings is 2. The van der Waals surface area contributed by atoms with Crippen LogP contribution in [0.3, 0.4) is 0 Å². The second-order valence-corrected chi connectivity index (χ2v) is 4.31.